The van der Waals surface area contributed by atoms with Crippen LogP contribution in [0.25, 0.3) is 0 Å². The van der Waals surface area contributed by atoms with Gasteiger partial charge in [0.1, 0.15) is 5.82 Å². The average molecular weight is 394 g/mol. The summed E-state index contributed by atoms with van der Waals surface area (Å²) in [5.74, 6) is 0.885. The zero-order valence-corrected chi connectivity index (χ0v) is 17.1. The smallest absolute Gasteiger partial charge is 0.239 e. The molecule has 6 nitrogen and oxygen atoms in total. The van der Waals surface area contributed by atoms with E-state index in [1.54, 1.807) is 6.20 Å². The zero-order chi connectivity index (χ0) is 18.8. The van der Waals surface area contributed by atoms with Gasteiger partial charge in [0, 0.05) is 24.5 Å². The summed E-state index contributed by atoms with van der Waals surface area (Å²) < 4.78 is 2.06. The number of anilines is 1. The number of carbonyl (C=O) groups is 1. The Labute approximate surface area is 163 Å². The van der Waals surface area contributed by atoms with Crippen molar-refractivity contribution in [2.75, 3.05) is 5.32 Å². The molecule has 1 N–H and O–H groups in total. The van der Waals surface area contributed by atoms with Crippen molar-refractivity contribution in [3.63, 3.8) is 0 Å². The molecule has 8 heteroatoms. The highest BCUT2D eigenvalue weighted by Gasteiger charge is 2.20. The summed E-state index contributed by atoms with van der Waals surface area (Å²) in [7, 11) is 0. The van der Waals surface area contributed by atoms with Gasteiger partial charge in [-0.15, -0.1) is 28.1 Å². The predicted octanol–water partition coefficient (Wildman–Crippen LogP) is 4.55. The van der Waals surface area contributed by atoms with Crippen LogP contribution in [0.4, 0.5) is 5.13 Å². The van der Waals surface area contributed by atoms with Crippen LogP contribution in [-0.2, 0) is 17.8 Å². The van der Waals surface area contributed by atoms with E-state index in [1.165, 1.54) is 48.8 Å². The number of hydrogen-bond donors (Lipinski definition) is 1. The second-order valence-corrected chi connectivity index (χ2v) is 8.25. The van der Waals surface area contributed by atoms with E-state index in [1.807, 2.05) is 18.4 Å². The quantitative estimate of drug-likeness (QED) is 0.325. The molecule has 1 amide bonds. The van der Waals surface area contributed by atoms with Crippen LogP contribution < -0.4 is 5.32 Å². The van der Waals surface area contributed by atoms with Crippen molar-refractivity contribution in [2.24, 2.45) is 0 Å². The summed E-state index contributed by atoms with van der Waals surface area (Å²) in [4.78, 5) is 16.4. The molecule has 2 heterocycles. The van der Waals surface area contributed by atoms with Crippen molar-refractivity contribution in [2.45, 2.75) is 69.3 Å². The van der Waals surface area contributed by atoms with Gasteiger partial charge in [-0.3, -0.25) is 4.79 Å². The highest BCUT2D eigenvalue weighted by Crippen LogP contribution is 2.24. The Bertz CT molecular complexity index is 684. The number of aryl methyl sites for hydroxylation is 1. The van der Waals surface area contributed by atoms with E-state index >= 15 is 0 Å². The topological polar surface area (TPSA) is 72.7 Å². The molecule has 0 bridgehead atoms. The first-order valence-electron chi connectivity index (χ1n) is 9.05. The molecule has 26 heavy (non-hydrogen) atoms. The lowest BCUT2D eigenvalue weighted by atomic mass is 10.1. The molecule has 0 unspecified atom stereocenters. The van der Waals surface area contributed by atoms with Gasteiger partial charge in [-0.25, -0.2) is 4.98 Å². The number of aromatic nitrogens is 4. The van der Waals surface area contributed by atoms with E-state index in [0.717, 1.165) is 23.8 Å². The summed E-state index contributed by atoms with van der Waals surface area (Å²) in [5.41, 5.74) is 0. The van der Waals surface area contributed by atoms with Gasteiger partial charge in [-0.1, -0.05) is 50.4 Å². The summed E-state index contributed by atoms with van der Waals surface area (Å²) in [6.07, 6.45) is 10.5. The average Bonchev–Trinajstić information content (AvgIpc) is 3.26. The van der Waals surface area contributed by atoms with Crippen molar-refractivity contribution < 1.29 is 4.79 Å². The molecule has 142 valence electrons. The number of unbranched alkanes of at least 4 members (excludes halogenated alkanes) is 4. The molecule has 0 radical (unpaired) electrons. The molecule has 2 aromatic heterocycles. The fourth-order valence-electron chi connectivity index (χ4n) is 2.49. The first kappa shape index (κ1) is 20.6. The van der Waals surface area contributed by atoms with E-state index in [-0.39, 0.29) is 11.2 Å². The maximum absolute atomic E-state index is 12.3. The minimum Gasteiger partial charge on any atom is -0.302 e. The lowest BCUT2D eigenvalue weighted by Gasteiger charge is -2.12. The lowest BCUT2D eigenvalue weighted by molar-refractivity contribution is -0.115. The van der Waals surface area contributed by atoms with Crippen LogP contribution >= 0.6 is 23.1 Å². The highest BCUT2D eigenvalue weighted by molar-refractivity contribution is 8.00. The zero-order valence-electron chi connectivity index (χ0n) is 15.5. The second-order valence-electron chi connectivity index (χ2n) is 6.05. The molecule has 0 aromatic carbocycles. The predicted molar refractivity (Wildman–Crippen MR) is 109 cm³/mol. The van der Waals surface area contributed by atoms with Gasteiger partial charge in [0.15, 0.2) is 10.3 Å². The Balaban J connectivity index is 1.94. The molecule has 0 saturated carbocycles. The number of nitrogens with zero attached hydrogens (tertiary/aromatic N) is 4. The maximum atomic E-state index is 12.3. The van der Waals surface area contributed by atoms with Crippen LogP contribution in [-0.4, -0.2) is 30.9 Å². The van der Waals surface area contributed by atoms with Gasteiger partial charge < -0.3 is 9.88 Å². The van der Waals surface area contributed by atoms with Gasteiger partial charge in [0.25, 0.3) is 0 Å². The van der Waals surface area contributed by atoms with Crippen molar-refractivity contribution >= 4 is 34.1 Å². The summed E-state index contributed by atoms with van der Waals surface area (Å²) in [6.45, 7) is 8.57. The van der Waals surface area contributed by atoms with Crippen LogP contribution in [0.5, 0.6) is 0 Å². The standard InChI is InChI=1S/C18H27N5OS2/c1-4-6-7-8-9-10-15-21-22-18(23(15)12-5-2)26-14(3)16(24)20-17-19-11-13-25-17/h5,11,13-14H,2,4,6-10,12H2,1,3H3,(H,19,20,24)/t14-/m1/s1. The highest BCUT2D eigenvalue weighted by atomic mass is 32.2. The van der Waals surface area contributed by atoms with Gasteiger partial charge in [-0.2, -0.15) is 0 Å². The van der Waals surface area contributed by atoms with Crippen LogP contribution in [0, 0.1) is 0 Å². The molecule has 0 aliphatic carbocycles. The number of thiazole rings is 1. The van der Waals surface area contributed by atoms with E-state index in [2.05, 4.69) is 38.6 Å². The first-order chi connectivity index (χ1) is 12.7. The third-order valence-corrected chi connectivity index (χ3v) is 5.69. The van der Waals surface area contributed by atoms with Gasteiger partial charge in [-0.05, 0) is 13.3 Å². The molecule has 0 aliphatic heterocycles. The Kier molecular flexibility index (Phi) is 8.84. The number of nitrogens with one attached hydrogen (secondary N) is 1. The molecule has 0 spiro atoms. The van der Waals surface area contributed by atoms with Crippen molar-refractivity contribution in [3.8, 4) is 0 Å². The van der Waals surface area contributed by atoms with Gasteiger partial charge >= 0.3 is 0 Å². The van der Waals surface area contributed by atoms with Crippen LogP contribution in [0.2, 0.25) is 0 Å². The van der Waals surface area contributed by atoms with Crippen LogP contribution in [0.15, 0.2) is 29.4 Å². The van der Waals surface area contributed by atoms with Crippen LogP contribution in [0.3, 0.4) is 0 Å². The minimum atomic E-state index is -0.288. The van der Waals surface area contributed by atoms with Crippen molar-refractivity contribution in [3.05, 3.63) is 30.1 Å². The third-order valence-electron chi connectivity index (χ3n) is 3.92. The molecule has 0 saturated heterocycles. The Morgan fingerprint density at radius 2 is 2.19 bits per heavy atom. The number of thioether (sulfide) groups is 1. The minimum absolute atomic E-state index is 0.0841. The Hall–Kier alpha value is -1.67. The maximum Gasteiger partial charge on any atom is 0.239 e. The molecule has 2 aromatic rings. The first-order valence-corrected chi connectivity index (χ1v) is 10.8. The number of amides is 1. The summed E-state index contributed by atoms with van der Waals surface area (Å²) >= 11 is 2.82. The number of allylic oxidation sites excluding steroid dienone is 1. The monoisotopic (exact) mass is 393 g/mol. The van der Waals surface area contributed by atoms with Crippen molar-refractivity contribution in [1.82, 2.24) is 19.7 Å². The molecule has 0 fully saturated rings. The second kappa shape index (κ2) is 11.1. The summed E-state index contributed by atoms with van der Waals surface area (Å²) in [6, 6.07) is 0. The van der Waals surface area contributed by atoms with E-state index in [4.69, 9.17) is 0 Å². The fourth-order valence-corrected chi connectivity index (χ4v) is 3.90. The molecular formula is C18H27N5OS2. The summed E-state index contributed by atoms with van der Waals surface area (Å²) in [5, 5.41) is 14.4. The van der Waals surface area contributed by atoms with Crippen molar-refractivity contribution in [1.29, 1.82) is 0 Å². The Morgan fingerprint density at radius 1 is 1.38 bits per heavy atom. The Morgan fingerprint density at radius 3 is 2.88 bits per heavy atom. The number of hydrogen-bond acceptors (Lipinski definition) is 6. The third kappa shape index (κ3) is 6.25. The molecular weight excluding hydrogens is 366 g/mol. The largest absolute Gasteiger partial charge is 0.302 e. The normalized spacial score (nSPS) is 12.1. The fraction of sp³-hybridized carbons (Fsp3) is 0.556. The molecule has 0 aliphatic rings. The molecule has 1 atom stereocenters. The number of rotatable bonds is 12. The SMILES string of the molecule is C=CCn1c(CCCCCCC)nnc1S[C@H](C)C(=O)Nc1nccs1. The van der Waals surface area contributed by atoms with Gasteiger partial charge in [0.2, 0.25) is 5.91 Å². The van der Waals surface area contributed by atoms with Gasteiger partial charge in [0.05, 0.1) is 5.25 Å². The van der Waals surface area contributed by atoms with E-state index < -0.39 is 0 Å². The number of carbonyl (C=O) groups excluding carboxylic acids is 1. The molecule has 2 rings (SSSR count). The van der Waals surface area contributed by atoms with E-state index in [9.17, 15) is 4.79 Å². The van der Waals surface area contributed by atoms with Crippen LogP contribution in [0.1, 0.15) is 51.8 Å². The van der Waals surface area contributed by atoms with E-state index in [0.29, 0.717) is 11.7 Å². The lowest BCUT2D eigenvalue weighted by Crippen LogP contribution is -2.22.